The van der Waals surface area contributed by atoms with E-state index < -0.39 is 20.2 Å². The second-order valence-corrected chi connectivity index (χ2v) is 6.76. The Morgan fingerprint density at radius 3 is 2.48 bits per heavy atom. The van der Waals surface area contributed by atoms with Crippen LogP contribution in [0, 0.1) is 5.92 Å². The Hall–Kier alpha value is -1.28. The van der Waals surface area contributed by atoms with Crippen LogP contribution in [0.15, 0.2) is 29.2 Å². The summed E-state index contributed by atoms with van der Waals surface area (Å²) in [5.74, 6) is 0.320. The molecular formula is C13H19F3N2O2S. The van der Waals surface area contributed by atoms with E-state index in [1.807, 2.05) is 6.92 Å². The fraction of sp³-hybridized carbons (Fsp3) is 0.538. The van der Waals surface area contributed by atoms with Gasteiger partial charge in [-0.25, -0.2) is 8.42 Å². The van der Waals surface area contributed by atoms with Crippen LogP contribution in [0.1, 0.15) is 19.8 Å². The van der Waals surface area contributed by atoms with Crippen molar-refractivity contribution in [2.75, 3.05) is 18.4 Å². The summed E-state index contributed by atoms with van der Waals surface area (Å²) in [7, 11) is -5.35. The average Bonchev–Trinajstić information content (AvgIpc) is 2.42. The lowest BCUT2D eigenvalue weighted by Gasteiger charge is -2.14. The quantitative estimate of drug-likeness (QED) is 0.757. The second kappa shape index (κ2) is 7.13. The largest absolute Gasteiger partial charge is 0.501 e. The van der Waals surface area contributed by atoms with Gasteiger partial charge in [0, 0.05) is 6.54 Å². The number of alkyl halides is 3. The van der Waals surface area contributed by atoms with E-state index in [2.05, 4.69) is 5.32 Å². The van der Waals surface area contributed by atoms with Crippen molar-refractivity contribution >= 4 is 15.5 Å². The standard InChI is InChI=1S/C13H19F3N2O2S/c1-10(9-17)5-4-8-18-11-6-2-3-7-12(11)21(19,20)13(14,15)16/h2-3,6-7,10,18H,4-5,8-9,17H2,1H3. The smallest absolute Gasteiger partial charge is 0.384 e. The molecule has 1 rings (SSSR count). The van der Waals surface area contributed by atoms with Crippen LogP contribution < -0.4 is 11.1 Å². The predicted octanol–water partition coefficient (Wildman–Crippen LogP) is 2.77. The third-order valence-corrected chi connectivity index (χ3v) is 4.62. The molecule has 0 heterocycles. The third-order valence-electron chi connectivity index (χ3n) is 3.07. The lowest BCUT2D eigenvalue weighted by atomic mass is 10.1. The van der Waals surface area contributed by atoms with E-state index in [9.17, 15) is 21.6 Å². The number of rotatable bonds is 7. The highest BCUT2D eigenvalue weighted by Gasteiger charge is 2.47. The zero-order chi connectivity index (χ0) is 16.1. The Kier molecular flexibility index (Phi) is 6.03. The van der Waals surface area contributed by atoms with Crippen LogP contribution in [-0.4, -0.2) is 27.0 Å². The molecule has 3 N–H and O–H groups in total. The van der Waals surface area contributed by atoms with Crippen molar-refractivity contribution in [3.8, 4) is 0 Å². The molecule has 1 unspecified atom stereocenters. The number of para-hydroxylation sites is 1. The number of sulfone groups is 1. The summed E-state index contributed by atoms with van der Waals surface area (Å²) in [5, 5.41) is 2.75. The molecule has 0 aliphatic rings. The Balaban J connectivity index is 2.82. The van der Waals surface area contributed by atoms with Crippen molar-refractivity contribution in [2.24, 2.45) is 11.7 Å². The number of nitrogens with two attached hydrogens (primary N) is 1. The molecular weight excluding hydrogens is 305 g/mol. The zero-order valence-electron chi connectivity index (χ0n) is 11.7. The van der Waals surface area contributed by atoms with Gasteiger partial charge < -0.3 is 11.1 Å². The SMILES string of the molecule is CC(CN)CCCNc1ccccc1S(=O)(=O)C(F)(F)F. The van der Waals surface area contributed by atoms with Gasteiger partial charge in [-0.3, -0.25) is 0 Å². The van der Waals surface area contributed by atoms with Crippen LogP contribution >= 0.6 is 0 Å². The number of nitrogens with one attached hydrogen (secondary N) is 1. The molecule has 1 atom stereocenters. The number of halogens is 3. The second-order valence-electron chi connectivity index (χ2n) is 4.86. The molecule has 1 aromatic carbocycles. The van der Waals surface area contributed by atoms with Gasteiger partial charge in [0.15, 0.2) is 0 Å². The summed E-state index contributed by atoms with van der Waals surface area (Å²) in [6.45, 7) is 2.90. The van der Waals surface area contributed by atoms with Crippen molar-refractivity contribution < 1.29 is 21.6 Å². The van der Waals surface area contributed by atoms with Crippen molar-refractivity contribution in [2.45, 2.75) is 30.2 Å². The van der Waals surface area contributed by atoms with Gasteiger partial charge in [-0.15, -0.1) is 0 Å². The molecule has 0 saturated carbocycles. The molecule has 0 fully saturated rings. The Morgan fingerprint density at radius 2 is 1.90 bits per heavy atom. The molecule has 0 aliphatic carbocycles. The van der Waals surface area contributed by atoms with E-state index in [1.165, 1.54) is 18.2 Å². The van der Waals surface area contributed by atoms with Crippen LogP contribution in [0.3, 0.4) is 0 Å². The molecule has 1 aromatic rings. The van der Waals surface area contributed by atoms with Gasteiger partial charge in [0.05, 0.1) is 10.6 Å². The first-order valence-electron chi connectivity index (χ1n) is 6.54. The summed E-state index contributed by atoms with van der Waals surface area (Å²) in [6.07, 6.45) is 1.51. The van der Waals surface area contributed by atoms with Gasteiger partial charge in [0.25, 0.3) is 9.84 Å². The number of hydrogen-bond acceptors (Lipinski definition) is 4. The summed E-state index contributed by atoms with van der Waals surface area (Å²) in [6, 6.07) is 5.03. The van der Waals surface area contributed by atoms with E-state index in [0.717, 1.165) is 12.5 Å². The third kappa shape index (κ3) is 4.60. The van der Waals surface area contributed by atoms with Crippen molar-refractivity contribution in [1.82, 2.24) is 0 Å². The summed E-state index contributed by atoms with van der Waals surface area (Å²) < 4.78 is 60.8. The van der Waals surface area contributed by atoms with Crippen LogP contribution in [0.5, 0.6) is 0 Å². The maximum absolute atomic E-state index is 12.6. The van der Waals surface area contributed by atoms with Crippen LogP contribution in [0.2, 0.25) is 0 Å². The number of benzene rings is 1. The molecule has 0 saturated heterocycles. The number of hydrogen-bond donors (Lipinski definition) is 2. The minimum Gasteiger partial charge on any atom is -0.384 e. The summed E-state index contributed by atoms with van der Waals surface area (Å²) >= 11 is 0. The molecule has 0 aliphatic heterocycles. The van der Waals surface area contributed by atoms with E-state index in [-0.39, 0.29) is 5.69 Å². The lowest BCUT2D eigenvalue weighted by molar-refractivity contribution is -0.0435. The highest BCUT2D eigenvalue weighted by Crippen LogP contribution is 2.34. The average molecular weight is 324 g/mol. The van der Waals surface area contributed by atoms with Crippen LogP contribution in [0.4, 0.5) is 18.9 Å². The Bertz CT molecular complexity index is 559. The van der Waals surface area contributed by atoms with E-state index in [1.54, 1.807) is 0 Å². The predicted molar refractivity (Wildman–Crippen MR) is 75.6 cm³/mol. The van der Waals surface area contributed by atoms with Gasteiger partial charge in [-0.05, 0) is 37.4 Å². The highest BCUT2D eigenvalue weighted by atomic mass is 32.2. The first-order valence-corrected chi connectivity index (χ1v) is 8.02. The summed E-state index contributed by atoms with van der Waals surface area (Å²) in [5.41, 5.74) is 0.131. The van der Waals surface area contributed by atoms with Crippen LogP contribution in [0.25, 0.3) is 0 Å². The normalized spacial score (nSPS) is 14.0. The fourth-order valence-corrected chi connectivity index (χ4v) is 2.70. The molecule has 8 heteroatoms. The summed E-state index contributed by atoms with van der Waals surface area (Å²) in [4.78, 5) is -0.746. The molecule has 0 amide bonds. The van der Waals surface area contributed by atoms with Crippen molar-refractivity contribution in [1.29, 1.82) is 0 Å². The lowest BCUT2D eigenvalue weighted by Crippen LogP contribution is -2.24. The molecule has 21 heavy (non-hydrogen) atoms. The monoisotopic (exact) mass is 324 g/mol. The van der Waals surface area contributed by atoms with E-state index in [0.29, 0.717) is 25.4 Å². The minimum absolute atomic E-state index is 0.0322. The van der Waals surface area contributed by atoms with E-state index in [4.69, 9.17) is 5.73 Å². The molecule has 120 valence electrons. The van der Waals surface area contributed by atoms with Gasteiger partial charge >= 0.3 is 5.51 Å². The van der Waals surface area contributed by atoms with Crippen LogP contribution in [-0.2, 0) is 9.84 Å². The molecule has 0 spiro atoms. The van der Waals surface area contributed by atoms with Crippen molar-refractivity contribution in [3.63, 3.8) is 0 Å². The maximum Gasteiger partial charge on any atom is 0.501 e. The molecule has 0 aromatic heterocycles. The number of anilines is 1. The van der Waals surface area contributed by atoms with Gasteiger partial charge in [-0.2, -0.15) is 13.2 Å². The maximum atomic E-state index is 12.6. The van der Waals surface area contributed by atoms with Crippen molar-refractivity contribution in [3.05, 3.63) is 24.3 Å². The molecule has 4 nitrogen and oxygen atoms in total. The Labute approximate surface area is 122 Å². The van der Waals surface area contributed by atoms with E-state index >= 15 is 0 Å². The zero-order valence-corrected chi connectivity index (χ0v) is 12.5. The minimum atomic E-state index is -5.35. The first kappa shape index (κ1) is 17.8. The fourth-order valence-electron chi connectivity index (χ4n) is 1.76. The topological polar surface area (TPSA) is 72.2 Å². The molecule has 0 bridgehead atoms. The first-order chi connectivity index (χ1) is 9.70. The van der Waals surface area contributed by atoms with Gasteiger partial charge in [0.2, 0.25) is 0 Å². The van der Waals surface area contributed by atoms with Gasteiger partial charge in [0.1, 0.15) is 0 Å². The molecule has 0 radical (unpaired) electrons. The Morgan fingerprint density at radius 1 is 1.29 bits per heavy atom. The van der Waals surface area contributed by atoms with Gasteiger partial charge in [-0.1, -0.05) is 19.1 Å². The highest BCUT2D eigenvalue weighted by molar-refractivity contribution is 7.92.